The minimum atomic E-state index is -0.134. The molecule has 0 atom stereocenters. The average molecular weight is 421 g/mol. The minimum Gasteiger partial charge on any atom is -0.355 e. The first kappa shape index (κ1) is 21.0. The molecule has 1 aromatic heterocycles. The summed E-state index contributed by atoms with van der Waals surface area (Å²) < 4.78 is 0. The van der Waals surface area contributed by atoms with Gasteiger partial charge in [0.1, 0.15) is 0 Å². The summed E-state index contributed by atoms with van der Waals surface area (Å²) in [5.41, 5.74) is 3.16. The molecule has 4 rings (SSSR count). The van der Waals surface area contributed by atoms with E-state index < -0.39 is 0 Å². The molecule has 1 aliphatic carbocycles. The lowest BCUT2D eigenvalue weighted by atomic mass is 9.89. The van der Waals surface area contributed by atoms with Crippen LogP contribution in [0.25, 0.3) is 0 Å². The first-order valence-corrected chi connectivity index (χ1v) is 11.0. The van der Waals surface area contributed by atoms with E-state index >= 15 is 0 Å². The van der Waals surface area contributed by atoms with E-state index in [1.165, 1.54) is 6.42 Å². The van der Waals surface area contributed by atoms with Gasteiger partial charge in [-0.1, -0.05) is 19.3 Å². The number of pyridine rings is 1. The molecule has 2 N–H and O–H groups in total. The van der Waals surface area contributed by atoms with Crippen molar-refractivity contribution in [2.75, 3.05) is 23.3 Å². The molecule has 1 aliphatic heterocycles. The fraction of sp³-hybridized carbons (Fsp3) is 0.417. The van der Waals surface area contributed by atoms with Gasteiger partial charge in [-0.3, -0.25) is 19.4 Å². The van der Waals surface area contributed by atoms with Gasteiger partial charge in [0.05, 0.1) is 5.56 Å². The second kappa shape index (κ2) is 9.73. The molecule has 3 amide bonds. The van der Waals surface area contributed by atoms with E-state index in [1.807, 2.05) is 18.2 Å². The maximum absolute atomic E-state index is 12.7. The summed E-state index contributed by atoms with van der Waals surface area (Å²) in [6.45, 7) is 0.952. The number of nitrogens with one attached hydrogen (secondary N) is 2. The van der Waals surface area contributed by atoms with Gasteiger partial charge in [0.2, 0.25) is 11.8 Å². The quantitative estimate of drug-likeness (QED) is 0.750. The summed E-state index contributed by atoms with van der Waals surface area (Å²) in [6.07, 6.45) is 9.53. The van der Waals surface area contributed by atoms with Crippen molar-refractivity contribution in [1.82, 2.24) is 10.3 Å². The summed E-state index contributed by atoms with van der Waals surface area (Å²) in [6, 6.07) is 9.11. The molecule has 0 unspecified atom stereocenters. The lowest BCUT2D eigenvalue weighted by Gasteiger charge is -2.20. The highest BCUT2D eigenvalue weighted by molar-refractivity contribution is 6.07. The lowest BCUT2D eigenvalue weighted by molar-refractivity contribution is -0.126. The van der Waals surface area contributed by atoms with Crippen molar-refractivity contribution in [3.8, 4) is 0 Å². The molecule has 1 aromatic carbocycles. The van der Waals surface area contributed by atoms with E-state index in [0.29, 0.717) is 24.3 Å². The Hall–Kier alpha value is -3.22. The molecule has 162 valence electrons. The molecule has 1 saturated carbocycles. The van der Waals surface area contributed by atoms with E-state index in [4.69, 9.17) is 0 Å². The van der Waals surface area contributed by atoms with Gasteiger partial charge in [-0.2, -0.15) is 0 Å². The predicted molar refractivity (Wildman–Crippen MR) is 119 cm³/mol. The molecular weight excluding hydrogens is 392 g/mol. The Balaban J connectivity index is 1.29. The Morgan fingerprint density at radius 1 is 1.10 bits per heavy atom. The zero-order valence-corrected chi connectivity index (χ0v) is 17.6. The summed E-state index contributed by atoms with van der Waals surface area (Å²) in [5, 5.41) is 5.79. The van der Waals surface area contributed by atoms with Crippen LogP contribution in [-0.4, -0.2) is 35.8 Å². The van der Waals surface area contributed by atoms with E-state index in [0.717, 1.165) is 43.4 Å². The van der Waals surface area contributed by atoms with Crippen LogP contribution < -0.4 is 15.5 Å². The van der Waals surface area contributed by atoms with Crippen molar-refractivity contribution < 1.29 is 14.4 Å². The smallest absolute Gasteiger partial charge is 0.259 e. The second-order valence-corrected chi connectivity index (χ2v) is 8.22. The summed E-state index contributed by atoms with van der Waals surface area (Å²) >= 11 is 0. The maximum Gasteiger partial charge on any atom is 0.259 e. The molecule has 0 spiro atoms. The van der Waals surface area contributed by atoms with Crippen LogP contribution in [0.15, 0.2) is 42.7 Å². The fourth-order valence-corrected chi connectivity index (χ4v) is 4.37. The van der Waals surface area contributed by atoms with Crippen LogP contribution >= 0.6 is 0 Å². The first-order valence-electron chi connectivity index (χ1n) is 11.0. The molecule has 1 fully saturated rings. The highest BCUT2D eigenvalue weighted by Gasteiger charge is 2.26. The average Bonchev–Trinajstić information content (AvgIpc) is 3.23. The molecule has 2 heterocycles. The Morgan fingerprint density at radius 2 is 1.94 bits per heavy atom. The van der Waals surface area contributed by atoms with Crippen LogP contribution in [0, 0.1) is 5.92 Å². The molecule has 0 radical (unpaired) electrons. The third-order valence-electron chi connectivity index (χ3n) is 6.04. The molecule has 0 bridgehead atoms. The lowest BCUT2D eigenvalue weighted by Crippen LogP contribution is -2.34. The molecule has 2 aromatic rings. The zero-order chi connectivity index (χ0) is 21.6. The number of rotatable bonds is 6. The van der Waals surface area contributed by atoms with Crippen molar-refractivity contribution in [3.63, 3.8) is 0 Å². The summed E-state index contributed by atoms with van der Waals surface area (Å²) in [7, 11) is 0. The molecule has 7 heteroatoms. The fourth-order valence-electron chi connectivity index (χ4n) is 4.37. The zero-order valence-electron chi connectivity index (χ0n) is 17.6. The van der Waals surface area contributed by atoms with Crippen LogP contribution in [0.3, 0.4) is 0 Å². The van der Waals surface area contributed by atoms with Gasteiger partial charge in [0.25, 0.3) is 5.91 Å². The molecule has 31 heavy (non-hydrogen) atoms. The number of amides is 3. The highest BCUT2D eigenvalue weighted by Crippen LogP contribution is 2.31. The van der Waals surface area contributed by atoms with E-state index in [-0.39, 0.29) is 30.1 Å². The molecule has 7 nitrogen and oxygen atoms in total. The number of anilines is 2. The second-order valence-electron chi connectivity index (χ2n) is 8.22. The van der Waals surface area contributed by atoms with Crippen molar-refractivity contribution in [2.45, 2.75) is 44.9 Å². The Bertz CT molecular complexity index is 955. The number of nitrogens with zero attached hydrogens (tertiary/aromatic N) is 2. The van der Waals surface area contributed by atoms with Crippen LogP contribution in [0.5, 0.6) is 0 Å². The van der Waals surface area contributed by atoms with Crippen molar-refractivity contribution in [2.24, 2.45) is 5.92 Å². The van der Waals surface area contributed by atoms with Gasteiger partial charge in [-0.15, -0.1) is 0 Å². The van der Waals surface area contributed by atoms with Crippen LogP contribution in [0.4, 0.5) is 11.4 Å². The molecule has 2 aliphatic rings. The monoisotopic (exact) mass is 420 g/mol. The third kappa shape index (κ3) is 5.10. The Morgan fingerprint density at radius 3 is 2.71 bits per heavy atom. The minimum absolute atomic E-state index is 0.0719. The van der Waals surface area contributed by atoms with E-state index in [2.05, 4.69) is 15.6 Å². The summed E-state index contributed by atoms with van der Waals surface area (Å²) in [4.78, 5) is 43.0. The Labute approximate surface area is 182 Å². The van der Waals surface area contributed by atoms with Gasteiger partial charge in [0.15, 0.2) is 0 Å². The first-order chi connectivity index (χ1) is 15.1. The van der Waals surface area contributed by atoms with Crippen LogP contribution in [0.1, 0.15) is 54.4 Å². The predicted octanol–water partition coefficient (Wildman–Crippen LogP) is 3.31. The largest absolute Gasteiger partial charge is 0.355 e. The number of carbonyl (C=O) groups excluding carboxylic acids is 3. The summed E-state index contributed by atoms with van der Waals surface area (Å²) in [5.74, 6) is -0.0308. The van der Waals surface area contributed by atoms with Crippen molar-refractivity contribution in [1.29, 1.82) is 0 Å². The molecule has 0 saturated heterocycles. The number of hydrogen-bond acceptors (Lipinski definition) is 4. The normalized spacial score (nSPS) is 15.9. The third-order valence-corrected chi connectivity index (χ3v) is 6.04. The van der Waals surface area contributed by atoms with Crippen LogP contribution in [-0.2, 0) is 16.0 Å². The number of fused-ring (bicyclic) bond motifs is 1. The number of benzene rings is 1. The SMILES string of the molecule is O=C(CCNC(=O)C1CCCCC1)Nc1ccc2c(c1)CCN2C(=O)c1cccnc1. The maximum atomic E-state index is 12.7. The highest BCUT2D eigenvalue weighted by atomic mass is 16.2. The van der Waals surface area contributed by atoms with Gasteiger partial charge in [-0.25, -0.2) is 0 Å². The standard InChI is InChI=1S/C24H28N4O3/c29-22(10-13-26-23(30)17-5-2-1-3-6-17)27-20-8-9-21-18(15-20)11-14-28(21)24(31)19-7-4-12-25-16-19/h4,7-9,12,15-17H,1-3,5-6,10-11,13-14H2,(H,26,30)(H,27,29). The van der Waals surface area contributed by atoms with E-state index in [9.17, 15) is 14.4 Å². The van der Waals surface area contributed by atoms with E-state index in [1.54, 1.807) is 29.4 Å². The number of carbonyl (C=O) groups is 3. The Kier molecular flexibility index (Phi) is 6.60. The van der Waals surface area contributed by atoms with Gasteiger partial charge in [0, 0.05) is 49.2 Å². The van der Waals surface area contributed by atoms with Gasteiger partial charge < -0.3 is 15.5 Å². The van der Waals surface area contributed by atoms with Gasteiger partial charge in [-0.05, 0) is 55.2 Å². The van der Waals surface area contributed by atoms with Crippen molar-refractivity contribution >= 4 is 29.1 Å². The topological polar surface area (TPSA) is 91.4 Å². The van der Waals surface area contributed by atoms with Crippen molar-refractivity contribution in [3.05, 3.63) is 53.9 Å². The number of aromatic nitrogens is 1. The van der Waals surface area contributed by atoms with Gasteiger partial charge >= 0.3 is 0 Å². The van der Waals surface area contributed by atoms with Crippen LogP contribution in [0.2, 0.25) is 0 Å². The molecular formula is C24H28N4O3. The number of hydrogen-bond donors (Lipinski definition) is 2.